The van der Waals surface area contributed by atoms with E-state index < -0.39 is 11.7 Å². The van der Waals surface area contributed by atoms with E-state index in [2.05, 4.69) is 42.7 Å². The third kappa shape index (κ3) is 6.41. The number of hydrogen-bond donors (Lipinski definition) is 3. The van der Waals surface area contributed by atoms with Gasteiger partial charge < -0.3 is 20.4 Å². The van der Waals surface area contributed by atoms with Crippen LogP contribution < -0.4 is 15.4 Å². The van der Waals surface area contributed by atoms with Crippen molar-refractivity contribution in [1.29, 1.82) is 0 Å². The average Bonchev–Trinajstić information content (AvgIpc) is 3.31. The van der Waals surface area contributed by atoms with Gasteiger partial charge in [0.1, 0.15) is 11.6 Å². The number of halogens is 3. The first kappa shape index (κ1) is 24.3. The summed E-state index contributed by atoms with van der Waals surface area (Å²) in [5, 5.41) is 14.7. The van der Waals surface area contributed by atoms with Crippen molar-refractivity contribution in [3.05, 3.63) is 60.2 Å². The summed E-state index contributed by atoms with van der Waals surface area (Å²) in [7, 11) is 0. The van der Waals surface area contributed by atoms with E-state index in [0.717, 1.165) is 30.7 Å². The SMILES string of the molecule is CCCNc1cc(Oc2ccc(-c3nnc(Nc4cccc(C(F)(F)F)c4)[nH]3)cc2)nc(SC)n1. The van der Waals surface area contributed by atoms with Crippen LogP contribution in [0.1, 0.15) is 18.9 Å². The second-order valence-electron chi connectivity index (χ2n) is 7.36. The van der Waals surface area contributed by atoms with Crippen molar-refractivity contribution in [2.24, 2.45) is 0 Å². The molecule has 0 radical (unpaired) electrons. The summed E-state index contributed by atoms with van der Waals surface area (Å²) >= 11 is 1.42. The molecule has 0 fully saturated rings. The summed E-state index contributed by atoms with van der Waals surface area (Å²) in [5.74, 6) is 2.35. The third-order valence-corrected chi connectivity index (χ3v) is 5.26. The maximum absolute atomic E-state index is 12.9. The van der Waals surface area contributed by atoms with Crippen LogP contribution in [0.5, 0.6) is 11.6 Å². The highest BCUT2D eigenvalue weighted by atomic mass is 32.2. The van der Waals surface area contributed by atoms with E-state index in [-0.39, 0.29) is 11.6 Å². The van der Waals surface area contributed by atoms with Crippen LogP contribution in [0.15, 0.2) is 59.8 Å². The van der Waals surface area contributed by atoms with Gasteiger partial charge in [0.25, 0.3) is 0 Å². The van der Waals surface area contributed by atoms with Gasteiger partial charge in [0.15, 0.2) is 11.0 Å². The second kappa shape index (κ2) is 10.6. The molecule has 2 aromatic heterocycles. The predicted octanol–water partition coefficient (Wildman–Crippen LogP) is 6.36. The van der Waals surface area contributed by atoms with E-state index in [1.807, 2.05) is 6.26 Å². The van der Waals surface area contributed by atoms with Crippen LogP contribution in [0.2, 0.25) is 0 Å². The van der Waals surface area contributed by atoms with Gasteiger partial charge in [0.2, 0.25) is 11.8 Å². The molecule has 0 aliphatic heterocycles. The molecular formula is C23H22F3N7OS. The lowest BCUT2D eigenvalue weighted by Crippen LogP contribution is -2.05. The molecule has 2 heterocycles. The van der Waals surface area contributed by atoms with E-state index in [1.165, 1.54) is 23.9 Å². The highest BCUT2D eigenvalue weighted by Gasteiger charge is 2.30. The number of nitrogens with zero attached hydrogens (tertiary/aromatic N) is 4. The molecule has 2 aromatic carbocycles. The third-order valence-electron chi connectivity index (χ3n) is 4.71. The molecule has 4 rings (SSSR count). The van der Waals surface area contributed by atoms with Crippen LogP contribution in [0.4, 0.5) is 30.6 Å². The maximum atomic E-state index is 12.9. The van der Waals surface area contributed by atoms with E-state index in [0.29, 0.717) is 28.4 Å². The molecule has 0 unspecified atom stereocenters. The van der Waals surface area contributed by atoms with Crippen molar-refractivity contribution >= 4 is 29.2 Å². The lowest BCUT2D eigenvalue weighted by atomic mass is 10.2. The Morgan fingerprint density at radius 3 is 2.54 bits per heavy atom. The first-order chi connectivity index (χ1) is 16.8. The molecule has 0 amide bonds. The lowest BCUT2D eigenvalue weighted by molar-refractivity contribution is -0.137. The fourth-order valence-electron chi connectivity index (χ4n) is 3.05. The minimum atomic E-state index is -4.43. The van der Waals surface area contributed by atoms with Gasteiger partial charge in [-0.05, 0) is 55.1 Å². The molecule has 0 aliphatic rings. The Morgan fingerprint density at radius 1 is 1.03 bits per heavy atom. The van der Waals surface area contributed by atoms with Gasteiger partial charge in [-0.2, -0.15) is 18.2 Å². The summed E-state index contributed by atoms with van der Waals surface area (Å²) in [4.78, 5) is 11.8. The number of hydrogen-bond acceptors (Lipinski definition) is 8. The molecule has 182 valence electrons. The predicted molar refractivity (Wildman–Crippen MR) is 129 cm³/mol. The van der Waals surface area contributed by atoms with Gasteiger partial charge in [0, 0.05) is 23.9 Å². The highest BCUT2D eigenvalue weighted by molar-refractivity contribution is 7.98. The Balaban J connectivity index is 1.45. The van der Waals surface area contributed by atoms with Crippen LogP contribution in [-0.4, -0.2) is 37.9 Å². The van der Waals surface area contributed by atoms with Crippen molar-refractivity contribution in [1.82, 2.24) is 25.1 Å². The molecule has 0 spiro atoms. The minimum Gasteiger partial charge on any atom is -0.439 e. The van der Waals surface area contributed by atoms with Gasteiger partial charge in [-0.1, -0.05) is 24.8 Å². The van der Waals surface area contributed by atoms with Crippen LogP contribution in [0.3, 0.4) is 0 Å². The molecule has 4 aromatic rings. The number of H-pyrrole nitrogens is 1. The fraction of sp³-hybridized carbons (Fsp3) is 0.217. The quantitative estimate of drug-likeness (QED) is 0.180. The second-order valence-corrected chi connectivity index (χ2v) is 8.13. The zero-order chi connectivity index (χ0) is 24.8. The number of anilines is 3. The Morgan fingerprint density at radius 2 is 1.83 bits per heavy atom. The van der Waals surface area contributed by atoms with Crippen molar-refractivity contribution in [2.45, 2.75) is 24.7 Å². The normalized spacial score (nSPS) is 11.3. The number of nitrogens with one attached hydrogen (secondary N) is 3. The summed E-state index contributed by atoms with van der Waals surface area (Å²) in [5.41, 5.74) is 0.215. The average molecular weight is 502 g/mol. The molecule has 35 heavy (non-hydrogen) atoms. The van der Waals surface area contributed by atoms with Gasteiger partial charge >= 0.3 is 6.18 Å². The molecule has 0 saturated carbocycles. The molecule has 3 N–H and O–H groups in total. The fourth-order valence-corrected chi connectivity index (χ4v) is 3.42. The molecule has 12 heteroatoms. The molecular weight excluding hydrogens is 479 g/mol. The largest absolute Gasteiger partial charge is 0.439 e. The Hall–Kier alpha value is -3.80. The number of ether oxygens (including phenoxy) is 1. The van der Waals surface area contributed by atoms with Crippen molar-refractivity contribution in [2.75, 3.05) is 23.4 Å². The zero-order valence-electron chi connectivity index (χ0n) is 18.8. The summed E-state index contributed by atoms with van der Waals surface area (Å²) in [6.45, 7) is 2.86. The number of rotatable bonds is 9. The lowest BCUT2D eigenvalue weighted by Gasteiger charge is -2.10. The monoisotopic (exact) mass is 501 g/mol. The molecule has 0 bridgehead atoms. The maximum Gasteiger partial charge on any atom is 0.416 e. The summed E-state index contributed by atoms with van der Waals surface area (Å²) < 4.78 is 44.7. The number of thioether (sulfide) groups is 1. The van der Waals surface area contributed by atoms with Crippen LogP contribution in [-0.2, 0) is 6.18 Å². The van der Waals surface area contributed by atoms with E-state index >= 15 is 0 Å². The van der Waals surface area contributed by atoms with E-state index in [1.54, 1.807) is 30.3 Å². The number of alkyl halides is 3. The van der Waals surface area contributed by atoms with E-state index in [9.17, 15) is 13.2 Å². The number of aromatic amines is 1. The van der Waals surface area contributed by atoms with Gasteiger partial charge in [-0.15, -0.1) is 10.2 Å². The molecule has 8 nitrogen and oxygen atoms in total. The van der Waals surface area contributed by atoms with Crippen LogP contribution >= 0.6 is 11.8 Å². The summed E-state index contributed by atoms with van der Waals surface area (Å²) in [6, 6.07) is 13.7. The molecule has 0 aliphatic carbocycles. The van der Waals surface area contributed by atoms with Gasteiger partial charge in [-0.3, -0.25) is 0 Å². The number of benzene rings is 2. The first-order valence-corrected chi connectivity index (χ1v) is 11.9. The number of aromatic nitrogens is 5. The van der Waals surface area contributed by atoms with Gasteiger partial charge in [-0.25, -0.2) is 4.98 Å². The van der Waals surface area contributed by atoms with E-state index in [4.69, 9.17) is 4.74 Å². The minimum absolute atomic E-state index is 0.220. The Bertz CT molecular complexity index is 1280. The smallest absolute Gasteiger partial charge is 0.416 e. The van der Waals surface area contributed by atoms with Gasteiger partial charge in [0.05, 0.1) is 5.56 Å². The van der Waals surface area contributed by atoms with Crippen molar-refractivity contribution in [3.8, 4) is 23.0 Å². The Labute approximate surface area is 203 Å². The van der Waals surface area contributed by atoms with Crippen LogP contribution in [0.25, 0.3) is 11.4 Å². The summed E-state index contributed by atoms with van der Waals surface area (Å²) in [6.07, 6.45) is -1.56. The van der Waals surface area contributed by atoms with Crippen LogP contribution in [0, 0.1) is 0 Å². The standard InChI is InChI=1S/C23H22F3N7OS/c1-3-11-27-18-13-19(30-22(29-18)35-2)34-17-9-7-14(8-10-17)20-31-21(33-32-20)28-16-6-4-5-15(12-16)23(24,25)26/h4-10,12-13H,3,11H2,1-2H3,(H,27,29,30)(H2,28,31,32,33). The topological polar surface area (TPSA) is 101 Å². The zero-order valence-corrected chi connectivity index (χ0v) is 19.7. The first-order valence-electron chi connectivity index (χ1n) is 10.7. The van der Waals surface area contributed by atoms with Crippen molar-refractivity contribution in [3.63, 3.8) is 0 Å². The highest BCUT2D eigenvalue weighted by Crippen LogP contribution is 2.31. The van der Waals surface area contributed by atoms with Crippen molar-refractivity contribution < 1.29 is 17.9 Å². The molecule has 0 atom stereocenters. The molecule has 0 saturated heterocycles. The Kier molecular flexibility index (Phi) is 7.39.